The number of benzene rings is 1. The zero-order chi connectivity index (χ0) is 20.4. The summed E-state index contributed by atoms with van der Waals surface area (Å²) >= 11 is 2.19. The minimum atomic E-state index is -1.50. The maximum Gasteiger partial charge on any atom is 0.115 e. The third-order valence-electron chi connectivity index (χ3n) is 5.10. The molecule has 0 saturated carbocycles. The first-order chi connectivity index (χ1) is 12.0. The molecule has 28 heavy (non-hydrogen) atoms. The first kappa shape index (κ1) is 32.5. The monoisotopic (exact) mass is 477 g/mol. The molecule has 1 aromatic carbocycles. The standard InChI is InChI=1S/C13H22OSi.C5H5.C5H10.2ClH.Ti/c1-10-7-11(14)9-12(8-10)15(5,6)13(2,3)4;1-2-4-5-3-1;1-3-5-4-2;;;/h7-9,14H,1-6H3;1-3H,4H2;3-4H2,1-2H3;2*1H;/q;-1;;;;+1. The van der Waals surface area contributed by atoms with Gasteiger partial charge in [0.15, 0.2) is 0 Å². The molecule has 159 valence electrons. The van der Waals surface area contributed by atoms with E-state index in [9.17, 15) is 5.11 Å². The van der Waals surface area contributed by atoms with E-state index in [0.717, 1.165) is 12.0 Å². The molecule has 2 rings (SSSR count). The molecule has 1 N–H and O–H groups in total. The van der Waals surface area contributed by atoms with Crippen LogP contribution in [0.15, 0.2) is 36.4 Å². The second-order valence-corrected chi connectivity index (χ2v) is 14.7. The molecule has 0 atom stereocenters. The number of phenolic OH excluding ortho intramolecular Hbond substituents is 1. The fourth-order valence-corrected chi connectivity index (χ4v) is 4.11. The average Bonchev–Trinajstić information content (AvgIpc) is 3.12. The van der Waals surface area contributed by atoms with Gasteiger partial charge >= 0.3 is 50.5 Å². The topological polar surface area (TPSA) is 20.2 Å². The summed E-state index contributed by atoms with van der Waals surface area (Å²) in [5.41, 5.74) is 1.15. The number of aryl methyl sites for hydroxylation is 1. The van der Waals surface area contributed by atoms with Crippen molar-refractivity contribution in [3.8, 4) is 5.75 Å². The van der Waals surface area contributed by atoms with Gasteiger partial charge in [-0.2, -0.15) is 6.08 Å². The molecule has 0 unspecified atom stereocenters. The van der Waals surface area contributed by atoms with Crippen LogP contribution in [0.25, 0.3) is 0 Å². The van der Waals surface area contributed by atoms with Crippen LogP contribution < -0.4 is 5.19 Å². The summed E-state index contributed by atoms with van der Waals surface area (Å²) < 4.78 is 1.59. The number of rotatable bonds is 3. The van der Waals surface area contributed by atoms with Crippen LogP contribution in [0, 0.1) is 13.0 Å². The predicted molar refractivity (Wildman–Crippen MR) is 131 cm³/mol. The van der Waals surface area contributed by atoms with Gasteiger partial charge in [0.2, 0.25) is 0 Å². The molecule has 1 aliphatic carbocycles. The summed E-state index contributed by atoms with van der Waals surface area (Å²) in [5.74, 6) is 0.398. The molecule has 0 bridgehead atoms. The van der Waals surface area contributed by atoms with Gasteiger partial charge < -0.3 is 5.11 Å². The van der Waals surface area contributed by atoms with Gasteiger partial charge in [-0.15, -0.1) is 31.2 Å². The van der Waals surface area contributed by atoms with Crippen LogP contribution in [0.4, 0.5) is 0 Å². The van der Waals surface area contributed by atoms with E-state index >= 15 is 0 Å². The predicted octanol–water partition coefficient (Wildman–Crippen LogP) is 7.09. The van der Waals surface area contributed by atoms with Crippen LogP contribution in [-0.2, 0) is 20.0 Å². The molecule has 1 aromatic rings. The number of hydrogen-bond donors (Lipinski definition) is 1. The second kappa shape index (κ2) is 15.7. The van der Waals surface area contributed by atoms with Crippen molar-refractivity contribution in [2.75, 3.05) is 0 Å². The van der Waals surface area contributed by atoms with E-state index in [2.05, 4.69) is 85.9 Å². The van der Waals surface area contributed by atoms with Crippen molar-refractivity contribution >= 4 is 41.9 Å². The summed E-state index contributed by atoms with van der Waals surface area (Å²) in [6.45, 7) is 18.0. The zero-order valence-corrected chi connectivity index (χ0v) is 23.0. The van der Waals surface area contributed by atoms with Crippen LogP contribution in [0.1, 0.15) is 59.4 Å². The number of hydrogen-bond acceptors (Lipinski definition) is 1. The van der Waals surface area contributed by atoms with Crippen molar-refractivity contribution in [1.82, 2.24) is 0 Å². The van der Waals surface area contributed by atoms with Gasteiger partial charge in [0.1, 0.15) is 5.75 Å². The van der Waals surface area contributed by atoms with E-state index in [1.165, 1.54) is 18.0 Å². The molecule has 0 fully saturated rings. The largest absolute Gasteiger partial charge is 0.508 e. The molecule has 0 aromatic heterocycles. The summed E-state index contributed by atoms with van der Waals surface area (Å²) in [4.78, 5) is 0. The maximum absolute atomic E-state index is 9.65. The third kappa shape index (κ3) is 12.4. The van der Waals surface area contributed by atoms with Gasteiger partial charge in [-0.3, -0.25) is 6.08 Å². The fourth-order valence-electron chi connectivity index (χ4n) is 2.15. The van der Waals surface area contributed by atoms with Crippen LogP contribution >= 0.6 is 24.8 Å². The maximum atomic E-state index is 9.65. The van der Waals surface area contributed by atoms with E-state index in [0.29, 0.717) is 10.8 Å². The van der Waals surface area contributed by atoms with Crippen LogP contribution in [0.2, 0.25) is 18.1 Å². The first-order valence-electron chi connectivity index (χ1n) is 9.54. The molecule has 0 saturated heterocycles. The van der Waals surface area contributed by atoms with Crippen LogP contribution in [-0.4, -0.2) is 17.0 Å². The Labute approximate surface area is 198 Å². The van der Waals surface area contributed by atoms with E-state index in [1.54, 1.807) is 3.81 Å². The Kier molecular flexibility index (Phi) is 18.2. The Hall–Kier alpha value is -0.119. The summed E-state index contributed by atoms with van der Waals surface area (Å²) in [7, 11) is -1.50. The number of allylic oxidation sites excluding steroid dienone is 4. The molecule has 1 nitrogen and oxygen atoms in total. The SMILES string of the molecule is CC[C](=[Ti+])CC.Cc1cc(O)cc([Si](C)(C)C(C)(C)C)c1.Cl.Cl.[C-]1=CC=CC1. The number of aromatic hydroxyl groups is 1. The van der Waals surface area contributed by atoms with E-state index in [1.807, 2.05) is 31.2 Å². The van der Waals surface area contributed by atoms with Crippen LogP contribution in [0.3, 0.4) is 0 Å². The van der Waals surface area contributed by atoms with Crippen molar-refractivity contribution < 1.29 is 25.1 Å². The van der Waals surface area contributed by atoms with Crippen LogP contribution in [0.5, 0.6) is 5.75 Å². The minimum absolute atomic E-state index is 0. The Morgan fingerprint density at radius 2 is 1.64 bits per heavy atom. The van der Waals surface area contributed by atoms with Gasteiger partial charge in [0, 0.05) is 0 Å². The normalized spacial score (nSPS) is 11.9. The molecular formula is C23H39Cl2OSiTi. The summed E-state index contributed by atoms with van der Waals surface area (Å²) in [6, 6.07) is 5.97. The molecular weight excluding hydrogens is 439 g/mol. The van der Waals surface area contributed by atoms with Gasteiger partial charge in [-0.05, 0) is 29.7 Å². The fraction of sp³-hybridized carbons (Fsp3) is 0.522. The van der Waals surface area contributed by atoms with Crippen molar-refractivity contribution in [2.24, 2.45) is 0 Å². The molecule has 0 aliphatic heterocycles. The van der Waals surface area contributed by atoms with Gasteiger partial charge in [-0.1, -0.05) is 45.1 Å². The first-order valence-corrected chi connectivity index (χ1v) is 13.3. The molecule has 1 aliphatic rings. The van der Waals surface area contributed by atoms with E-state index in [-0.39, 0.29) is 24.8 Å². The number of phenols is 1. The molecule has 0 radical (unpaired) electrons. The van der Waals surface area contributed by atoms with E-state index in [4.69, 9.17) is 0 Å². The van der Waals surface area contributed by atoms with Gasteiger partial charge in [0.25, 0.3) is 0 Å². The van der Waals surface area contributed by atoms with Crippen molar-refractivity contribution in [1.29, 1.82) is 0 Å². The minimum Gasteiger partial charge on any atom is -0.508 e. The third-order valence-corrected chi connectivity index (χ3v) is 11.7. The van der Waals surface area contributed by atoms with Crippen molar-refractivity contribution in [2.45, 2.75) is 78.9 Å². The number of halogens is 2. The quantitative estimate of drug-likeness (QED) is 0.363. The Morgan fingerprint density at radius 3 is 1.89 bits per heavy atom. The molecule has 0 amide bonds. The Balaban J connectivity index is -0.000000400. The zero-order valence-electron chi connectivity index (χ0n) is 18.8. The van der Waals surface area contributed by atoms with Crippen molar-refractivity contribution in [3.63, 3.8) is 0 Å². The summed E-state index contributed by atoms with van der Waals surface area (Å²) in [6.07, 6.45) is 12.5. The Morgan fingerprint density at radius 1 is 1.11 bits per heavy atom. The van der Waals surface area contributed by atoms with E-state index < -0.39 is 8.07 Å². The molecule has 0 spiro atoms. The molecule has 0 heterocycles. The molecule has 5 heteroatoms. The summed E-state index contributed by atoms with van der Waals surface area (Å²) in [5, 5.41) is 11.3. The van der Waals surface area contributed by atoms with Crippen molar-refractivity contribution in [3.05, 3.63) is 48.1 Å². The van der Waals surface area contributed by atoms with Gasteiger partial charge in [-0.25, -0.2) is 12.2 Å². The Bertz CT molecular complexity index is 596. The average molecular weight is 478 g/mol. The second-order valence-electron chi connectivity index (χ2n) is 8.25. The smallest absolute Gasteiger partial charge is 0.115 e. The van der Waals surface area contributed by atoms with Gasteiger partial charge in [0.05, 0.1) is 8.07 Å².